The van der Waals surface area contributed by atoms with Gasteiger partial charge in [0.15, 0.2) is 20.6 Å². The Kier molecular flexibility index (Phi) is 7.15. The van der Waals surface area contributed by atoms with Gasteiger partial charge in [-0.25, -0.2) is 23.4 Å². The molecule has 5 heterocycles. The molecule has 13 heteroatoms. The van der Waals surface area contributed by atoms with Gasteiger partial charge in [-0.15, -0.1) is 0 Å². The van der Waals surface area contributed by atoms with Crippen LogP contribution in [0.2, 0.25) is 0 Å². The topological polar surface area (TPSA) is 168 Å². The van der Waals surface area contributed by atoms with Crippen LogP contribution in [0.5, 0.6) is 11.6 Å². The highest BCUT2D eigenvalue weighted by Crippen LogP contribution is 2.39. The molecule has 0 atom stereocenters. The number of rotatable bonds is 6. The van der Waals surface area contributed by atoms with E-state index in [9.17, 15) is 13.2 Å². The highest BCUT2D eigenvalue weighted by molar-refractivity contribution is 7.90. The molecule has 12 nitrogen and oxygen atoms in total. The molecule has 4 N–H and O–H groups in total. The van der Waals surface area contributed by atoms with Crippen LogP contribution in [0.25, 0.3) is 11.3 Å². The van der Waals surface area contributed by atoms with Gasteiger partial charge >= 0.3 is 0 Å². The Labute approximate surface area is 232 Å². The minimum Gasteiger partial charge on any atom is -0.479 e. The molecule has 0 unspecified atom stereocenters. The second kappa shape index (κ2) is 10.3. The molecule has 5 rings (SSSR count). The normalized spacial score (nSPS) is 17.6. The van der Waals surface area contributed by atoms with Crippen LogP contribution in [-0.4, -0.2) is 61.0 Å². The van der Waals surface area contributed by atoms with Crippen LogP contribution in [-0.2, 0) is 24.9 Å². The molecule has 2 aliphatic heterocycles. The molecule has 40 heavy (non-hydrogen) atoms. The molecule has 0 radical (unpaired) electrons. The first-order valence-corrected chi connectivity index (χ1v) is 14.7. The summed E-state index contributed by atoms with van der Waals surface area (Å²) in [6.07, 6.45) is 3.72. The van der Waals surface area contributed by atoms with Crippen molar-refractivity contribution in [2.24, 2.45) is 5.73 Å². The summed E-state index contributed by atoms with van der Waals surface area (Å²) in [4.78, 5) is 25.1. The van der Waals surface area contributed by atoms with Crippen LogP contribution in [0.3, 0.4) is 0 Å². The first kappa shape index (κ1) is 27.7. The predicted octanol–water partition coefficient (Wildman–Crippen LogP) is 3.16. The van der Waals surface area contributed by atoms with Gasteiger partial charge in [0.1, 0.15) is 23.8 Å². The van der Waals surface area contributed by atoms with Crippen molar-refractivity contribution in [1.29, 1.82) is 0 Å². The number of hydrogen-bond acceptors (Lipinski definition) is 11. The maximum Gasteiger partial charge on any atom is 0.257 e. The minimum absolute atomic E-state index is 0.110. The van der Waals surface area contributed by atoms with E-state index < -0.39 is 21.0 Å². The Morgan fingerprint density at radius 2 is 1.82 bits per heavy atom. The Morgan fingerprint density at radius 3 is 2.52 bits per heavy atom. The quantitative estimate of drug-likeness (QED) is 0.399. The molecule has 0 bridgehead atoms. The Morgan fingerprint density at radius 1 is 1.07 bits per heavy atom. The molecular formula is C27H32N6O6S. The predicted molar refractivity (Wildman–Crippen MR) is 149 cm³/mol. The third-order valence-electron chi connectivity index (χ3n) is 6.66. The summed E-state index contributed by atoms with van der Waals surface area (Å²) in [5, 5.41) is 5.78. The fourth-order valence-corrected chi connectivity index (χ4v) is 5.15. The van der Waals surface area contributed by atoms with Gasteiger partial charge in [-0.2, -0.15) is 0 Å². The first-order chi connectivity index (χ1) is 18.8. The number of nitrogens with zero attached hydrogens (tertiary/aromatic N) is 3. The van der Waals surface area contributed by atoms with Crippen molar-refractivity contribution < 1.29 is 27.4 Å². The van der Waals surface area contributed by atoms with Gasteiger partial charge in [-0.3, -0.25) is 4.79 Å². The average molecular weight is 569 g/mol. The van der Waals surface area contributed by atoms with E-state index in [2.05, 4.69) is 25.6 Å². The lowest BCUT2D eigenvalue weighted by Crippen LogP contribution is -2.42. The summed E-state index contributed by atoms with van der Waals surface area (Å²) in [6, 6.07) is 8.42. The number of carbonyl (C=O) groups is 1. The number of pyridine rings is 3. The number of ether oxygens (including phenoxy) is 3. The van der Waals surface area contributed by atoms with Crippen molar-refractivity contribution in [2.45, 2.75) is 49.8 Å². The Hall–Kier alpha value is -3.81. The molecule has 0 aliphatic carbocycles. The van der Waals surface area contributed by atoms with E-state index in [1.54, 1.807) is 30.5 Å². The highest BCUT2D eigenvalue weighted by atomic mass is 32.2. The number of carbonyl (C=O) groups excluding carboxylic acids is 1. The van der Waals surface area contributed by atoms with Crippen LogP contribution in [0.1, 0.15) is 39.2 Å². The first-order valence-electron chi connectivity index (χ1n) is 12.8. The number of anilines is 3. The number of hydrogen-bond donors (Lipinski definition) is 3. The highest BCUT2D eigenvalue weighted by Gasteiger charge is 2.32. The summed E-state index contributed by atoms with van der Waals surface area (Å²) in [6.45, 7) is 6.50. The zero-order chi connectivity index (χ0) is 28.7. The van der Waals surface area contributed by atoms with Crippen LogP contribution in [0.4, 0.5) is 17.3 Å². The lowest BCUT2D eigenvalue weighted by atomic mass is 9.84. The van der Waals surface area contributed by atoms with Crippen molar-refractivity contribution in [2.75, 3.05) is 36.7 Å². The standard InChI is InChI=1S/C27H32N6O6S/c1-16(34)30-22-13-20(18(14-29-22)19-5-6-21-25(32-19)38-15-26(2,3)39-21)31-23-11-17(12-24(33-23)40(4,35)36)27(28)7-9-37-10-8-27/h5-6,11-14H,7-10,15,28H2,1-4H3,(H2,29,30,31,33,34). The SMILES string of the molecule is CC(=O)Nc1cc(Nc2cc(C3(N)CCOCC3)cc(S(C)(=O)=O)n2)c(-c2ccc3c(n2)OCC(C)(C)O3)cn1. The van der Waals surface area contributed by atoms with E-state index >= 15 is 0 Å². The van der Waals surface area contributed by atoms with Gasteiger partial charge in [0.2, 0.25) is 5.91 Å². The maximum absolute atomic E-state index is 12.6. The van der Waals surface area contributed by atoms with Gasteiger partial charge in [-0.1, -0.05) is 0 Å². The lowest BCUT2D eigenvalue weighted by Gasteiger charge is -2.34. The van der Waals surface area contributed by atoms with E-state index in [-0.39, 0.29) is 22.6 Å². The second-order valence-corrected chi connectivity index (χ2v) is 12.7. The van der Waals surface area contributed by atoms with E-state index in [1.807, 2.05) is 13.8 Å². The second-order valence-electron chi connectivity index (χ2n) is 10.7. The van der Waals surface area contributed by atoms with Crippen molar-refractivity contribution >= 4 is 33.1 Å². The summed E-state index contributed by atoms with van der Waals surface area (Å²) < 4.78 is 42.4. The van der Waals surface area contributed by atoms with Gasteiger partial charge in [0, 0.05) is 49.8 Å². The summed E-state index contributed by atoms with van der Waals surface area (Å²) in [5.74, 6) is 1.12. The van der Waals surface area contributed by atoms with E-state index in [4.69, 9.17) is 19.9 Å². The third kappa shape index (κ3) is 6.01. The van der Waals surface area contributed by atoms with Crippen molar-refractivity contribution in [3.8, 4) is 22.9 Å². The molecule has 0 aromatic carbocycles. The molecule has 3 aromatic heterocycles. The Balaban J connectivity index is 1.59. The van der Waals surface area contributed by atoms with Gasteiger partial charge in [0.05, 0.1) is 11.4 Å². The summed E-state index contributed by atoms with van der Waals surface area (Å²) in [7, 11) is -3.66. The fraction of sp³-hybridized carbons (Fsp3) is 0.407. The number of aromatic nitrogens is 3. The number of fused-ring (bicyclic) bond motifs is 1. The molecule has 0 saturated carbocycles. The zero-order valence-electron chi connectivity index (χ0n) is 22.8. The molecule has 0 spiro atoms. The van der Waals surface area contributed by atoms with E-state index in [0.29, 0.717) is 66.8 Å². The maximum atomic E-state index is 12.6. The smallest absolute Gasteiger partial charge is 0.257 e. The Bertz CT molecular complexity index is 1570. The molecule has 212 valence electrons. The molecule has 1 fully saturated rings. The molecule has 1 saturated heterocycles. The van der Waals surface area contributed by atoms with E-state index in [1.165, 1.54) is 13.0 Å². The monoisotopic (exact) mass is 568 g/mol. The molecular weight excluding hydrogens is 536 g/mol. The van der Waals surface area contributed by atoms with Gasteiger partial charge < -0.3 is 30.6 Å². The zero-order valence-corrected chi connectivity index (χ0v) is 23.6. The summed E-state index contributed by atoms with van der Waals surface area (Å²) in [5.41, 5.74) is 7.65. The fourth-order valence-electron chi connectivity index (χ4n) is 4.55. The summed E-state index contributed by atoms with van der Waals surface area (Å²) >= 11 is 0. The van der Waals surface area contributed by atoms with Crippen LogP contribution < -0.4 is 25.8 Å². The molecule has 1 amide bonds. The number of sulfone groups is 1. The van der Waals surface area contributed by atoms with Crippen molar-refractivity contribution in [3.05, 3.63) is 42.1 Å². The number of amides is 1. The van der Waals surface area contributed by atoms with Gasteiger partial charge in [0.25, 0.3) is 5.88 Å². The minimum atomic E-state index is -3.66. The van der Waals surface area contributed by atoms with E-state index in [0.717, 1.165) is 6.26 Å². The van der Waals surface area contributed by atoms with Crippen LogP contribution in [0, 0.1) is 0 Å². The van der Waals surface area contributed by atoms with Crippen LogP contribution >= 0.6 is 0 Å². The van der Waals surface area contributed by atoms with Crippen LogP contribution in [0.15, 0.2) is 41.6 Å². The van der Waals surface area contributed by atoms with Crippen molar-refractivity contribution in [1.82, 2.24) is 15.0 Å². The number of nitrogens with two attached hydrogens (primary N) is 1. The molecule has 2 aliphatic rings. The third-order valence-corrected chi connectivity index (χ3v) is 7.63. The van der Waals surface area contributed by atoms with Gasteiger partial charge in [-0.05, 0) is 56.5 Å². The molecule has 3 aromatic rings. The lowest BCUT2D eigenvalue weighted by molar-refractivity contribution is -0.114. The largest absolute Gasteiger partial charge is 0.479 e. The average Bonchev–Trinajstić information content (AvgIpc) is 2.88. The van der Waals surface area contributed by atoms with Crippen molar-refractivity contribution in [3.63, 3.8) is 0 Å². The number of nitrogens with one attached hydrogen (secondary N) is 2.